The van der Waals surface area contributed by atoms with Crippen LogP contribution in [0, 0.1) is 5.92 Å². The van der Waals surface area contributed by atoms with Crippen LogP contribution in [-0.2, 0) is 4.74 Å². The SMILES string of the molecule is OCC(Oc1c(Cl)nc(Cl)nc1N1CCOCC1)C1CC1. The topological polar surface area (TPSA) is 67.7 Å². The Labute approximate surface area is 133 Å². The first-order valence-corrected chi connectivity index (χ1v) is 7.78. The summed E-state index contributed by atoms with van der Waals surface area (Å²) in [7, 11) is 0. The number of hydrogen-bond acceptors (Lipinski definition) is 6. The normalized spacial score (nSPS) is 20.4. The predicted octanol–water partition coefficient (Wildman–Crippen LogP) is 1.77. The summed E-state index contributed by atoms with van der Waals surface area (Å²) in [5.41, 5.74) is 0. The van der Waals surface area contributed by atoms with Gasteiger partial charge in [0.25, 0.3) is 0 Å². The fourth-order valence-electron chi connectivity index (χ4n) is 2.38. The Morgan fingerprint density at radius 3 is 2.62 bits per heavy atom. The molecule has 1 N–H and O–H groups in total. The quantitative estimate of drug-likeness (QED) is 0.654. The second-order valence-electron chi connectivity index (χ2n) is 5.21. The maximum atomic E-state index is 9.48. The van der Waals surface area contributed by atoms with Gasteiger partial charge in [-0.15, -0.1) is 0 Å². The maximum Gasteiger partial charge on any atom is 0.226 e. The van der Waals surface area contributed by atoms with E-state index in [4.69, 9.17) is 32.7 Å². The Bertz CT molecular complexity index is 508. The lowest BCUT2D eigenvalue weighted by atomic mass is 10.2. The summed E-state index contributed by atoms with van der Waals surface area (Å²) in [5.74, 6) is 1.34. The highest BCUT2D eigenvalue weighted by Gasteiger charge is 2.34. The Balaban J connectivity index is 1.89. The molecule has 1 aliphatic heterocycles. The first kappa shape index (κ1) is 15.1. The molecule has 116 valence electrons. The first-order chi connectivity index (χ1) is 10.2. The van der Waals surface area contributed by atoms with Crippen molar-refractivity contribution in [1.29, 1.82) is 0 Å². The van der Waals surface area contributed by atoms with Crippen LogP contribution in [0.2, 0.25) is 10.4 Å². The summed E-state index contributed by atoms with van der Waals surface area (Å²) < 4.78 is 11.2. The molecule has 1 aliphatic carbocycles. The van der Waals surface area contributed by atoms with Crippen molar-refractivity contribution in [1.82, 2.24) is 9.97 Å². The number of aliphatic hydroxyl groups is 1. The third kappa shape index (κ3) is 3.51. The molecule has 21 heavy (non-hydrogen) atoms. The number of rotatable bonds is 5. The lowest BCUT2D eigenvalue weighted by molar-refractivity contribution is 0.0967. The highest BCUT2D eigenvalue weighted by molar-refractivity contribution is 6.33. The summed E-state index contributed by atoms with van der Waals surface area (Å²) in [6, 6.07) is 0. The fraction of sp³-hybridized carbons (Fsp3) is 0.692. The number of ether oxygens (including phenoxy) is 2. The first-order valence-electron chi connectivity index (χ1n) is 7.02. The monoisotopic (exact) mass is 333 g/mol. The minimum absolute atomic E-state index is 0.0494. The zero-order valence-electron chi connectivity index (χ0n) is 11.5. The molecule has 2 fully saturated rings. The van der Waals surface area contributed by atoms with Crippen molar-refractivity contribution in [2.24, 2.45) is 5.92 Å². The average molecular weight is 334 g/mol. The van der Waals surface area contributed by atoms with Crippen LogP contribution in [0.1, 0.15) is 12.8 Å². The van der Waals surface area contributed by atoms with E-state index in [2.05, 4.69) is 9.97 Å². The van der Waals surface area contributed by atoms with Crippen LogP contribution in [0.3, 0.4) is 0 Å². The summed E-state index contributed by atoms with van der Waals surface area (Å²) in [5, 5.41) is 9.74. The van der Waals surface area contributed by atoms with E-state index in [0.29, 0.717) is 43.8 Å². The number of morpholine rings is 1. The molecular weight excluding hydrogens is 317 g/mol. The van der Waals surface area contributed by atoms with Crippen molar-refractivity contribution in [2.45, 2.75) is 18.9 Å². The van der Waals surface area contributed by atoms with Crippen LogP contribution in [-0.4, -0.2) is 54.1 Å². The maximum absolute atomic E-state index is 9.48. The third-order valence-corrected chi connectivity index (χ3v) is 4.11. The highest BCUT2D eigenvalue weighted by atomic mass is 35.5. The molecular formula is C13H17Cl2N3O3. The second-order valence-corrected chi connectivity index (χ2v) is 5.91. The molecule has 8 heteroatoms. The molecule has 1 atom stereocenters. The van der Waals surface area contributed by atoms with Gasteiger partial charge < -0.3 is 19.5 Å². The molecule has 1 unspecified atom stereocenters. The van der Waals surface area contributed by atoms with Crippen molar-refractivity contribution >= 4 is 29.0 Å². The number of aliphatic hydroxyl groups excluding tert-OH is 1. The van der Waals surface area contributed by atoms with Crippen LogP contribution in [0.15, 0.2) is 0 Å². The zero-order valence-corrected chi connectivity index (χ0v) is 13.0. The summed E-state index contributed by atoms with van der Waals surface area (Å²) in [4.78, 5) is 10.2. The molecule has 1 aromatic heterocycles. The molecule has 0 radical (unpaired) electrons. The molecule has 6 nitrogen and oxygen atoms in total. The standard InChI is InChI=1S/C13H17Cl2N3O3/c14-11-10(21-9(7-19)8-1-2-8)12(17-13(15)16-11)18-3-5-20-6-4-18/h8-9,19H,1-7H2. The average Bonchev–Trinajstić information content (AvgIpc) is 3.31. The molecule has 0 spiro atoms. The third-order valence-electron chi connectivity index (χ3n) is 3.69. The molecule has 0 amide bonds. The van der Waals surface area contributed by atoms with Gasteiger partial charge in [-0.3, -0.25) is 0 Å². The van der Waals surface area contributed by atoms with Gasteiger partial charge in [-0.05, 0) is 30.4 Å². The van der Waals surface area contributed by atoms with Crippen LogP contribution < -0.4 is 9.64 Å². The van der Waals surface area contributed by atoms with E-state index < -0.39 is 0 Å². The highest BCUT2D eigenvalue weighted by Crippen LogP contribution is 2.40. The van der Waals surface area contributed by atoms with E-state index in [0.717, 1.165) is 12.8 Å². The Morgan fingerprint density at radius 2 is 2.00 bits per heavy atom. The molecule has 0 aromatic carbocycles. The van der Waals surface area contributed by atoms with Crippen LogP contribution in [0.5, 0.6) is 5.75 Å². The molecule has 2 heterocycles. The minimum atomic E-state index is -0.271. The zero-order chi connectivity index (χ0) is 14.8. The predicted molar refractivity (Wildman–Crippen MR) is 79.3 cm³/mol. The van der Waals surface area contributed by atoms with Crippen molar-refractivity contribution in [3.8, 4) is 5.75 Å². The van der Waals surface area contributed by atoms with Crippen molar-refractivity contribution in [2.75, 3.05) is 37.8 Å². The van der Waals surface area contributed by atoms with Gasteiger partial charge in [0.05, 0.1) is 19.8 Å². The Hall–Kier alpha value is -0.820. The Kier molecular flexibility index (Phi) is 4.69. The van der Waals surface area contributed by atoms with Crippen LogP contribution in [0.25, 0.3) is 0 Å². The van der Waals surface area contributed by atoms with Crippen LogP contribution in [0.4, 0.5) is 5.82 Å². The van der Waals surface area contributed by atoms with E-state index in [-0.39, 0.29) is 23.1 Å². The smallest absolute Gasteiger partial charge is 0.226 e. The second kappa shape index (κ2) is 6.52. The molecule has 1 aromatic rings. The van der Waals surface area contributed by atoms with E-state index in [9.17, 15) is 5.11 Å². The fourth-order valence-corrected chi connectivity index (χ4v) is 2.80. The van der Waals surface area contributed by atoms with E-state index in [1.165, 1.54) is 0 Å². The van der Waals surface area contributed by atoms with E-state index >= 15 is 0 Å². The van der Waals surface area contributed by atoms with E-state index in [1.807, 2.05) is 4.90 Å². The molecule has 1 saturated heterocycles. The summed E-state index contributed by atoms with van der Waals surface area (Å²) >= 11 is 12.1. The van der Waals surface area contributed by atoms with Crippen molar-refractivity contribution in [3.63, 3.8) is 0 Å². The summed E-state index contributed by atoms with van der Waals surface area (Å²) in [6.45, 7) is 2.56. The molecule has 3 rings (SSSR count). The number of aromatic nitrogens is 2. The number of anilines is 1. The summed E-state index contributed by atoms with van der Waals surface area (Å²) in [6.07, 6.45) is 1.85. The van der Waals surface area contributed by atoms with Gasteiger partial charge >= 0.3 is 0 Å². The molecule has 0 bridgehead atoms. The largest absolute Gasteiger partial charge is 0.481 e. The van der Waals surface area contributed by atoms with Gasteiger partial charge in [0.1, 0.15) is 6.10 Å². The molecule has 1 saturated carbocycles. The molecule has 2 aliphatic rings. The van der Waals surface area contributed by atoms with Gasteiger partial charge in [0.2, 0.25) is 5.28 Å². The van der Waals surface area contributed by atoms with Gasteiger partial charge in [-0.1, -0.05) is 11.6 Å². The minimum Gasteiger partial charge on any atom is -0.481 e. The van der Waals surface area contributed by atoms with Crippen molar-refractivity contribution in [3.05, 3.63) is 10.4 Å². The van der Waals surface area contributed by atoms with Gasteiger partial charge in [0.15, 0.2) is 16.7 Å². The lowest BCUT2D eigenvalue weighted by Crippen LogP contribution is -2.37. The van der Waals surface area contributed by atoms with E-state index in [1.54, 1.807) is 0 Å². The number of halogens is 2. The van der Waals surface area contributed by atoms with Gasteiger partial charge in [-0.2, -0.15) is 4.98 Å². The van der Waals surface area contributed by atoms with Gasteiger partial charge in [-0.25, -0.2) is 4.98 Å². The Morgan fingerprint density at radius 1 is 1.29 bits per heavy atom. The number of nitrogens with zero attached hydrogens (tertiary/aromatic N) is 3. The van der Waals surface area contributed by atoms with Crippen LogP contribution >= 0.6 is 23.2 Å². The lowest BCUT2D eigenvalue weighted by Gasteiger charge is -2.30. The number of hydrogen-bond donors (Lipinski definition) is 1. The van der Waals surface area contributed by atoms with Crippen molar-refractivity contribution < 1.29 is 14.6 Å². The van der Waals surface area contributed by atoms with Gasteiger partial charge in [0, 0.05) is 13.1 Å².